The van der Waals surface area contributed by atoms with E-state index < -0.39 is 0 Å². The standard InChI is InChI=1S/C46H64O3/c1-17-20-47-41-24-31(5)34(27-38(41)44(8,9)10)30(4)23-37(35-28-39(45(11,12)13)42(25-32(35)6)48-21-18-2)36-29-40(46(14,15)16)43(26-33(36)7)49-22-19-3/h17-19,24-30,37H,1-3,20-23H2,4-16H3. The van der Waals surface area contributed by atoms with Gasteiger partial charge in [0.25, 0.3) is 0 Å². The van der Waals surface area contributed by atoms with Gasteiger partial charge in [-0.05, 0) is 118 Å². The van der Waals surface area contributed by atoms with Crippen molar-refractivity contribution in [1.29, 1.82) is 0 Å². The lowest BCUT2D eigenvalue weighted by molar-refractivity contribution is 0.350. The fourth-order valence-electron chi connectivity index (χ4n) is 6.84. The lowest BCUT2D eigenvalue weighted by Crippen LogP contribution is -2.19. The number of benzene rings is 3. The Hall–Kier alpha value is -3.72. The molecule has 0 amide bonds. The van der Waals surface area contributed by atoms with E-state index in [1.54, 1.807) is 0 Å². The van der Waals surface area contributed by atoms with Gasteiger partial charge in [0.2, 0.25) is 0 Å². The Morgan fingerprint density at radius 1 is 0.510 bits per heavy atom. The first-order chi connectivity index (χ1) is 22.7. The smallest absolute Gasteiger partial charge is 0.123 e. The first-order valence-electron chi connectivity index (χ1n) is 17.9. The topological polar surface area (TPSA) is 27.7 Å². The van der Waals surface area contributed by atoms with E-state index in [-0.39, 0.29) is 28.1 Å². The fourth-order valence-corrected chi connectivity index (χ4v) is 6.84. The monoisotopic (exact) mass is 664 g/mol. The Bertz CT molecular complexity index is 1560. The molecule has 3 aromatic rings. The first kappa shape index (κ1) is 39.7. The van der Waals surface area contributed by atoms with Crippen molar-refractivity contribution in [3.63, 3.8) is 0 Å². The van der Waals surface area contributed by atoms with Gasteiger partial charge in [0.15, 0.2) is 0 Å². The summed E-state index contributed by atoms with van der Waals surface area (Å²) in [4.78, 5) is 0. The summed E-state index contributed by atoms with van der Waals surface area (Å²) >= 11 is 0. The predicted molar refractivity (Wildman–Crippen MR) is 212 cm³/mol. The van der Waals surface area contributed by atoms with E-state index in [2.05, 4.69) is 146 Å². The van der Waals surface area contributed by atoms with Crippen LogP contribution in [0.2, 0.25) is 0 Å². The van der Waals surface area contributed by atoms with Gasteiger partial charge in [-0.15, -0.1) is 0 Å². The molecule has 0 heterocycles. The minimum Gasteiger partial charge on any atom is -0.489 e. The SMILES string of the molecule is C=CCOc1cc(C)c(C(C)CC(c2cc(C(C)(C)C)c(OCC=C)cc2C)c2cc(C(C)(C)C)c(OCC=C)cc2C)cc1C(C)(C)C. The molecule has 0 aliphatic carbocycles. The summed E-state index contributed by atoms with van der Waals surface area (Å²) in [5, 5.41) is 0. The van der Waals surface area contributed by atoms with E-state index in [4.69, 9.17) is 14.2 Å². The third-order valence-electron chi connectivity index (χ3n) is 9.47. The van der Waals surface area contributed by atoms with Gasteiger partial charge in [0.1, 0.15) is 37.1 Å². The van der Waals surface area contributed by atoms with Crippen LogP contribution in [0.1, 0.15) is 138 Å². The van der Waals surface area contributed by atoms with Crippen molar-refractivity contribution in [2.45, 2.75) is 125 Å². The van der Waals surface area contributed by atoms with Crippen molar-refractivity contribution < 1.29 is 14.2 Å². The minimum absolute atomic E-state index is 0.0724. The van der Waals surface area contributed by atoms with E-state index in [1.165, 1.54) is 50.1 Å². The molecule has 0 aromatic heterocycles. The largest absolute Gasteiger partial charge is 0.489 e. The van der Waals surface area contributed by atoms with Crippen molar-refractivity contribution in [2.24, 2.45) is 0 Å². The lowest BCUT2D eigenvalue weighted by Gasteiger charge is -2.32. The summed E-state index contributed by atoms with van der Waals surface area (Å²) < 4.78 is 18.7. The van der Waals surface area contributed by atoms with Crippen LogP contribution in [0.4, 0.5) is 0 Å². The van der Waals surface area contributed by atoms with Crippen molar-refractivity contribution in [2.75, 3.05) is 19.8 Å². The fraction of sp³-hybridized carbons (Fsp3) is 0.478. The molecule has 0 bridgehead atoms. The molecule has 0 aliphatic heterocycles. The number of rotatable bonds is 14. The van der Waals surface area contributed by atoms with E-state index in [0.717, 1.165) is 23.7 Å². The van der Waals surface area contributed by atoms with Gasteiger partial charge in [-0.3, -0.25) is 0 Å². The zero-order chi connectivity index (χ0) is 36.9. The number of aryl methyl sites for hydroxylation is 3. The average molecular weight is 665 g/mol. The van der Waals surface area contributed by atoms with Crippen molar-refractivity contribution in [3.8, 4) is 17.2 Å². The minimum atomic E-state index is -0.109. The second-order valence-electron chi connectivity index (χ2n) is 16.9. The summed E-state index contributed by atoms with van der Waals surface area (Å²) in [6.45, 7) is 42.6. The molecule has 3 rings (SSSR count). The number of hydrogen-bond acceptors (Lipinski definition) is 3. The zero-order valence-electron chi connectivity index (χ0n) is 33.0. The average Bonchev–Trinajstić information content (AvgIpc) is 2.99. The Kier molecular flexibility index (Phi) is 12.9. The van der Waals surface area contributed by atoms with E-state index >= 15 is 0 Å². The molecule has 0 radical (unpaired) electrons. The van der Waals surface area contributed by atoms with Crippen LogP contribution in [0.5, 0.6) is 17.2 Å². The lowest BCUT2D eigenvalue weighted by atomic mass is 9.74. The molecule has 49 heavy (non-hydrogen) atoms. The summed E-state index contributed by atoms with van der Waals surface area (Å²) in [6.07, 6.45) is 6.38. The van der Waals surface area contributed by atoms with Crippen LogP contribution < -0.4 is 14.2 Å². The van der Waals surface area contributed by atoms with Crippen LogP contribution in [0.15, 0.2) is 74.4 Å². The van der Waals surface area contributed by atoms with Gasteiger partial charge >= 0.3 is 0 Å². The van der Waals surface area contributed by atoms with Crippen LogP contribution in [0.25, 0.3) is 0 Å². The van der Waals surface area contributed by atoms with Gasteiger partial charge in [0, 0.05) is 5.92 Å². The highest BCUT2D eigenvalue weighted by atomic mass is 16.5. The molecule has 0 saturated heterocycles. The molecule has 0 N–H and O–H groups in total. The molecule has 0 aliphatic rings. The predicted octanol–water partition coefficient (Wildman–Crippen LogP) is 12.5. The Balaban J connectivity index is 2.35. The van der Waals surface area contributed by atoms with Crippen LogP contribution in [0.3, 0.4) is 0 Å². The van der Waals surface area contributed by atoms with Crippen molar-refractivity contribution in [1.82, 2.24) is 0 Å². The Morgan fingerprint density at radius 3 is 1.08 bits per heavy atom. The molecule has 3 heteroatoms. The molecular weight excluding hydrogens is 601 g/mol. The van der Waals surface area contributed by atoms with Crippen LogP contribution in [0, 0.1) is 20.8 Å². The normalized spacial score (nSPS) is 12.9. The molecule has 1 atom stereocenters. The van der Waals surface area contributed by atoms with E-state index in [0.29, 0.717) is 19.8 Å². The molecule has 266 valence electrons. The van der Waals surface area contributed by atoms with E-state index in [9.17, 15) is 0 Å². The quantitative estimate of drug-likeness (QED) is 0.161. The van der Waals surface area contributed by atoms with Crippen LogP contribution in [-0.4, -0.2) is 19.8 Å². The Labute approximate surface area is 299 Å². The van der Waals surface area contributed by atoms with Gasteiger partial charge < -0.3 is 14.2 Å². The summed E-state index contributed by atoms with van der Waals surface area (Å²) in [5.41, 5.74) is 11.1. The third-order valence-corrected chi connectivity index (χ3v) is 9.47. The molecule has 0 saturated carbocycles. The summed E-state index contributed by atoms with van der Waals surface area (Å²) in [7, 11) is 0. The molecule has 3 aromatic carbocycles. The van der Waals surface area contributed by atoms with Gasteiger partial charge in [0.05, 0.1) is 0 Å². The van der Waals surface area contributed by atoms with Gasteiger partial charge in [-0.1, -0.05) is 125 Å². The van der Waals surface area contributed by atoms with Gasteiger partial charge in [-0.25, -0.2) is 0 Å². The number of ether oxygens (including phenoxy) is 3. The van der Waals surface area contributed by atoms with Gasteiger partial charge in [-0.2, -0.15) is 0 Å². The maximum absolute atomic E-state index is 6.26. The molecule has 1 unspecified atom stereocenters. The highest BCUT2D eigenvalue weighted by molar-refractivity contribution is 5.54. The molecule has 3 nitrogen and oxygen atoms in total. The summed E-state index contributed by atoms with van der Waals surface area (Å²) in [6, 6.07) is 14.0. The van der Waals surface area contributed by atoms with Crippen molar-refractivity contribution >= 4 is 0 Å². The molecule has 0 spiro atoms. The molecular formula is C46H64O3. The van der Waals surface area contributed by atoms with E-state index in [1.807, 2.05) is 18.2 Å². The maximum atomic E-state index is 6.26. The summed E-state index contributed by atoms with van der Waals surface area (Å²) in [5.74, 6) is 3.21. The van der Waals surface area contributed by atoms with Crippen molar-refractivity contribution in [3.05, 3.63) is 124 Å². The number of hydrogen-bond donors (Lipinski definition) is 0. The molecule has 0 fully saturated rings. The Morgan fingerprint density at radius 2 is 0.796 bits per heavy atom. The van der Waals surface area contributed by atoms with Crippen LogP contribution in [-0.2, 0) is 16.2 Å². The maximum Gasteiger partial charge on any atom is 0.123 e. The highest BCUT2D eigenvalue weighted by Gasteiger charge is 2.30. The second-order valence-corrected chi connectivity index (χ2v) is 16.9. The van der Waals surface area contributed by atoms with Crippen LogP contribution >= 0.6 is 0 Å². The zero-order valence-corrected chi connectivity index (χ0v) is 33.0. The highest BCUT2D eigenvalue weighted by Crippen LogP contribution is 2.46. The second kappa shape index (κ2) is 15.9. The third kappa shape index (κ3) is 9.71. The first-order valence-corrected chi connectivity index (χ1v) is 17.9.